The van der Waals surface area contributed by atoms with E-state index in [4.69, 9.17) is 0 Å². The Morgan fingerprint density at radius 3 is 2.80 bits per heavy atom. The number of rotatable bonds is 1. The zero-order valence-corrected chi connectivity index (χ0v) is 12.1. The van der Waals surface area contributed by atoms with Gasteiger partial charge in [0.15, 0.2) is 0 Å². The van der Waals surface area contributed by atoms with Crippen molar-refractivity contribution in [2.24, 2.45) is 0 Å². The van der Waals surface area contributed by atoms with E-state index in [1.165, 1.54) is 15.6 Å². The summed E-state index contributed by atoms with van der Waals surface area (Å²) in [5, 5.41) is 3.82. The van der Waals surface area contributed by atoms with Crippen LogP contribution in [0.15, 0.2) is 10.8 Å². The molecule has 0 radical (unpaired) electrons. The molecule has 1 aliphatic rings. The summed E-state index contributed by atoms with van der Waals surface area (Å²) >= 11 is 3.68. The molecule has 7 heteroatoms. The van der Waals surface area contributed by atoms with Crippen LogP contribution in [0.25, 0.3) is 0 Å². The fourth-order valence-corrected chi connectivity index (χ4v) is 6.21. The van der Waals surface area contributed by atoms with Crippen LogP contribution in [0.4, 0.5) is 5.69 Å². The van der Waals surface area contributed by atoms with Gasteiger partial charge in [0.2, 0.25) is 0 Å². The van der Waals surface area contributed by atoms with E-state index in [-0.39, 0.29) is 10.1 Å². The van der Waals surface area contributed by atoms with Crippen LogP contribution in [0.2, 0.25) is 0 Å². The summed E-state index contributed by atoms with van der Waals surface area (Å²) in [5.74, 6) is 0. The largest absolute Gasteiger partial charge is 0.303 e. The monoisotopic (exact) mass is 358 g/mol. The van der Waals surface area contributed by atoms with Gasteiger partial charge < -0.3 is 0 Å². The number of hydrogen-bond acceptors (Lipinski definition) is 3. The van der Waals surface area contributed by atoms with E-state index in [1.54, 1.807) is 0 Å². The van der Waals surface area contributed by atoms with Gasteiger partial charge in [-0.25, -0.2) is 0 Å². The molecule has 84 valence electrons. The Labute approximate surface area is 107 Å². The minimum atomic E-state index is -3.37. The highest BCUT2D eigenvalue weighted by Gasteiger charge is 2.38. The van der Waals surface area contributed by atoms with Crippen LogP contribution >= 0.6 is 33.9 Å². The van der Waals surface area contributed by atoms with Gasteiger partial charge in [-0.05, 0) is 19.2 Å². The fourth-order valence-electron chi connectivity index (χ4n) is 1.56. The van der Waals surface area contributed by atoms with E-state index in [0.29, 0.717) is 0 Å². The lowest BCUT2D eigenvalue weighted by atomic mass is 10.2. The lowest BCUT2D eigenvalue weighted by Gasteiger charge is -2.34. The molecule has 2 rings (SSSR count). The molecule has 0 bridgehead atoms. The maximum absolute atomic E-state index is 11.9. The normalized spacial score (nSPS) is 24.9. The second kappa shape index (κ2) is 3.86. The van der Waals surface area contributed by atoms with Crippen molar-refractivity contribution in [1.29, 1.82) is 0 Å². The molecule has 1 unspecified atom stereocenters. The molecule has 0 aliphatic carbocycles. The zero-order chi connectivity index (χ0) is 11.2. The SMILES string of the molecule is CC(C)N1C(I)c2cscc2NS1(=O)=O. The predicted octanol–water partition coefficient (Wildman–Crippen LogP) is 2.56. The molecule has 1 atom stereocenters. The summed E-state index contributed by atoms with van der Waals surface area (Å²) in [6.45, 7) is 3.75. The zero-order valence-electron chi connectivity index (χ0n) is 8.27. The molecule has 0 fully saturated rings. The first-order valence-corrected chi connectivity index (χ1v) is 8.08. The van der Waals surface area contributed by atoms with Crippen LogP contribution in [0.1, 0.15) is 23.5 Å². The van der Waals surface area contributed by atoms with Crippen LogP contribution < -0.4 is 4.72 Å². The molecule has 2 heterocycles. The number of hydrogen-bond donors (Lipinski definition) is 1. The molecule has 4 nitrogen and oxygen atoms in total. The van der Waals surface area contributed by atoms with Gasteiger partial charge in [-0.3, -0.25) is 4.72 Å². The third-order valence-electron chi connectivity index (χ3n) is 2.20. The van der Waals surface area contributed by atoms with E-state index in [1.807, 2.05) is 24.6 Å². The molecule has 0 saturated carbocycles. The molecule has 1 aromatic heterocycles. The summed E-state index contributed by atoms with van der Waals surface area (Å²) in [6.07, 6.45) is 0. The predicted molar refractivity (Wildman–Crippen MR) is 70.6 cm³/mol. The Morgan fingerprint density at radius 1 is 1.53 bits per heavy atom. The highest BCUT2D eigenvalue weighted by Crippen LogP contribution is 2.42. The minimum absolute atomic E-state index is 0.0440. The molecule has 0 amide bonds. The average Bonchev–Trinajstić information content (AvgIpc) is 2.48. The summed E-state index contributed by atoms with van der Waals surface area (Å²) in [4.78, 5) is 0. The van der Waals surface area contributed by atoms with Crippen LogP contribution in [-0.4, -0.2) is 18.8 Å². The van der Waals surface area contributed by atoms with Crippen molar-refractivity contribution in [3.8, 4) is 0 Å². The van der Waals surface area contributed by atoms with Gasteiger partial charge >= 0.3 is 10.2 Å². The smallest absolute Gasteiger partial charge is 0.270 e. The molecular formula is C8H11IN2O2S2. The van der Waals surface area contributed by atoms with Gasteiger partial charge in [0.1, 0.15) is 4.05 Å². The van der Waals surface area contributed by atoms with Gasteiger partial charge in [0.05, 0.1) is 5.69 Å². The fraction of sp³-hybridized carbons (Fsp3) is 0.500. The van der Waals surface area contributed by atoms with Crippen molar-refractivity contribution >= 4 is 49.8 Å². The average molecular weight is 358 g/mol. The minimum Gasteiger partial charge on any atom is -0.270 e. The molecule has 1 aromatic rings. The third kappa shape index (κ3) is 1.90. The van der Waals surface area contributed by atoms with Gasteiger partial charge in [0, 0.05) is 17.0 Å². The Hall–Kier alpha value is 0.140. The van der Waals surface area contributed by atoms with Crippen molar-refractivity contribution in [1.82, 2.24) is 4.31 Å². The van der Waals surface area contributed by atoms with E-state index >= 15 is 0 Å². The van der Waals surface area contributed by atoms with Gasteiger partial charge in [-0.15, -0.1) is 11.3 Å². The summed E-state index contributed by atoms with van der Waals surface area (Å²) in [6, 6.07) is -0.0440. The second-order valence-corrected chi connectivity index (χ2v) is 7.11. The lowest BCUT2D eigenvalue weighted by Crippen LogP contribution is -2.44. The summed E-state index contributed by atoms with van der Waals surface area (Å²) in [7, 11) is -3.37. The van der Waals surface area contributed by atoms with Crippen LogP contribution in [0, 0.1) is 0 Å². The van der Waals surface area contributed by atoms with Crippen molar-refractivity contribution in [3.05, 3.63) is 16.3 Å². The number of thiophene rings is 1. The number of halogens is 1. The van der Waals surface area contributed by atoms with Gasteiger partial charge in [0.25, 0.3) is 0 Å². The molecule has 0 spiro atoms. The highest BCUT2D eigenvalue weighted by molar-refractivity contribution is 14.1. The Kier molecular flexibility index (Phi) is 2.99. The summed E-state index contributed by atoms with van der Waals surface area (Å²) in [5.41, 5.74) is 1.76. The molecule has 15 heavy (non-hydrogen) atoms. The quantitative estimate of drug-likeness (QED) is 0.477. The highest BCUT2D eigenvalue weighted by atomic mass is 127. The molecule has 0 saturated heterocycles. The number of nitrogens with zero attached hydrogens (tertiary/aromatic N) is 1. The first kappa shape index (κ1) is 11.6. The topological polar surface area (TPSA) is 49.4 Å². The van der Waals surface area contributed by atoms with E-state index in [2.05, 4.69) is 27.3 Å². The van der Waals surface area contributed by atoms with E-state index < -0.39 is 10.2 Å². The van der Waals surface area contributed by atoms with E-state index in [0.717, 1.165) is 11.3 Å². The third-order valence-corrected chi connectivity index (χ3v) is 6.27. The van der Waals surface area contributed by atoms with E-state index in [9.17, 15) is 8.42 Å². The van der Waals surface area contributed by atoms with Crippen molar-refractivity contribution < 1.29 is 8.42 Å². The molecule has 1 aliphatic heterocycles. The van der Waals surface area contributed by atoms with Crippen LogP contribution in [0.3, 0.4) is 0 Å². The van der Waals surface area contributed by atoms with Crippen molar-refractivity contribution in [2.45, 2.75) is 23.9 Å². The second-order valence-electron chi connectivity index (χ2n) is 3.61. The summed E-state index contributed by atoms with van der Waals surface area (Å²) < 4.78 is 27.8. The standard InChI is InChI=1S/C8H11IN2O2S2/c1-5(2)11-8(9)6-3-14-4-7(6)10-15(11,12)13/h3-5,8,10H,1-2H3. The molecule has 1 N–H and O–H groups in total. The number of fused-ring (bicyclic) bond motifs is 1. The van der Waals surface area contributed by atoms with Crippen molar-refractivity contribution in [3.63, 3.8) is 0 Å². The Bertz CT molecular complexity index is 469. The number of nitrogens with one attached hydrogen (secondary N) is 1. The van der Waals surface area contributed by atoms with Crippen LogP contribution in [0.5, 0.6) is 0 Å². The maximum Gasteiger partial charge on any atom is 0.303 e. The number of alkyl halides is 1. The lowest BCUT2D eigenvalue weighted by molar-refractivity contribution is 0.350. The molecule has 0 aromatic carbocycles. The number of anilines is 1. The first-order valence-electron chi connectivity index (χ1n) is 4.45. The van der Waals surface area contributed by atoms with Gasteiger partial charge in [-0.2, -0.15) is 12.7 Å². The van der Waals surface area contributed by atoms with Gasteiger partial charge in [-0.1, -0.05) is 22.6 Å². The van der Waals surface area contributed by atoms with Crippen LogP contribution in [-0.2, 0) is 10.2 Å². The maximum atomic E-state index is 11.9. The Morgan fingerprint density at radius 2 is 2.20 bits per heavy atom. The first-order chi connectivity index (χ1) is 6.93. The van der Waals surface area contributed by atoms with Crippen molar-refractivity contribution in [2.75, 3.05) is 4.72 Å². The Balaban J connectivity index is 2.53. The molecular weight excluding hydrogens is 347 g/mol.